The highest BCUT2D eigenvalue weighted by Gasteiger charge is 2.17. The van der Waals surface area contributed by atoms with Crippen LogP contribution in [0.15, 0.2) is 12.3 Å². The highest BCUT2D eigenvalue weighted by molar-refractivity contribution is 5.42. The Bertz CT molecular complexity index is 352. The molecule has 1 fully saturated rings. The van der Waals surface area contributed by atoms with Crippen LogP contribution in [0.25, 0.3) is 0 Å². The molecule has 1 aromatic rings. The zero-order valence-electron chi connectivity index (χ0n) is 9.71. The highest BCUT2D eigenvalue weighted by atomic mass is 16.3. The van der Waals surface area contributed by atoms with Gasteiger partial charge in [0.25, 0.3) is 0 Å². The molecule has 0 saturated carbocycles. The van der Waals surface area contributed by atoms with Gasteiger partial charge in [0.2, 0.25) is 5.95 Å². The van der Waals surface area contributed by atoms with Gasteiger partial charge in [-0.15, -0.1) is 0 Å². The summed E-state index contributed by atoms with van der Waals surface area (Å²) in [5.41, 5.74) is 2.44. The molecule has 94 valence electrons. The second kappa shape index (κ2) is 5.76. The molecule has 1 aliphatic rings. The minimum atomic E-state index is 0.217. The Morgan fingerprint density at radius 3 is 2.76 bits per heavy atom. The summed E-state index contributed by atoms with van der Waals surface area (Å²) in [6.07, 6.45) is 1.69. The normalized spacial score (nSPS) is 17.2. The van der Waals surface area contributed by atoms with Gasteiger partial charge in [0.15, 0.2) is 0 Å². The van der Waals surface area contributed by atoms with E-state index in [1.807, 2.05) is 6.07 Å². The molecular weight excluding hydrogens is 220 g/mol. The number of piperazine rings is 1. The molecule has 0 aromatic carbocycles. The maximum atomic E-state index is 8.87. The first-order valence-corrected chi connectivity index (χ1v) is 5.71. The van der Waals surface area contributed by atoms with E-state index in [0.717, 1.165) is 38.5 Å². The van der Waals surface area contributed by atoms with E-state index < -0.39 is 0 Å². The molecule has 0 radical (unpaired) electrons. The van der Waals surface area contributed by atoms with Crippen molar-refractivity contribution >= 4 is 11.8 Å². The third-order valence-corrected chi connectivity index (χ3v) is 2.88. The number of nitrogen functional groups attached to an aromatic ring is 1. The molecule has 4 N–H and O–H groups in total. The number of hydrogen-bond acceptors (Lipinski definition) is 7. The van der Waals surface area contributed by atoms with Gasteiger partial charge in [-0.3, -0.25) is 10.3 Å². The number of aromatic nitrogens is 2. The van der Waals surface area contributed by atoms with E-state index in [4.69, 9.17) is 10.9 Å². The van der Waals surface area contributed by atoms with Gasteiger partial charge in [0, 0.05) is 38.9 Å². The number of hydrogen-bond donors (Lipinski definition) is 3. The van der Waals surface area contributed by atoms with Crippen LogP contribution in [-0.4, -0.2) is 59.3 Å². The molecule has 0 atom stereocenters. The number of nitrogens with one attached hydrogen (secondary N) is 1. The second-order valence-corrected chi connectivity index (χ2v) is 3.94. The van der Waals surface area contributed by atoms with Crippen LogP contribution >= 0.6 is 0 Å². The molecule has 7 nitrogen and oxygen atoms in total. The summed E-state index contributed by atoms with van der Waals surface area (Å²) in [6.45, 7) is 4.65. The van der Waals surface area contributed by atoms with Gasteiger partial charge in [0.05, 0.1) is 6.61 Å². The van der Waals surface area contributed by atoms with Gasteiger partial charge in [-0.2, -0.15) is 4.98 Å². The predicted molar refractivity (Wildman–Crippen MR) is 65.6 cm³/mol. The number of aliphatic hydroxyl groups excluding tert-OH is 1. The van der Waals surface area contributed by atoms with E-state index in [1.54, 1.807) is 6.20 Å². The lowest BCUT2D eigenvalue weighted by atomic mass is 10.3. The smallest absolute Gasteiger partial charge is 0.239 e. The second-order valence-electron chi connectivity index (χ2n) is 3.94. The van der Waals surface area contributed by atoms with E-state index >= 15 is 0 Å². The van der Waals surface area contributed by atoms with E-state index in [1.165, 1.54) is 0 Å². The fourth-order valence-corrected chi connectivity index (χ4v) is 1.94. The monoisotopic (exact) mass is 238 g/mol. The summed E-state index contributed by atoms with van der Waals surface area (Å²) in [5.74, 6) is 6.60. The van der Waals surface area contributed by atoms with E-state index in [0.29, 0.717) is 5.95 Å². The van der Waals surface area contributed by atoms with Crippen molar-refractivity contribution in [1.29, 1.82) is 0 Å². The molecule has 1 aliphatic heterocycles. The summed E-state index contributed by atoms with van der Waals surface area (Å²) in [6, 6.07) is 1.88. The quantitative estimate of drug-likeness (QED) is 0.452. The zero-order chi connectivity index (χ0) is 12.1. The molecule has 0 aliphatic carbocycles. The lowest BCUT2D eigenvalue weighted by molar-refractivity contribution is 0.188. The van der Waals surface area contributed by atoms with Crippen molar-refractivity contribution in [1.82, 2.24) is 14.9 Å². The lowest BCUT2D eigenvalue weighted by Crippen LogP contribution is -2.47. The summed E-state index contributed by atoms with van der Waals surface area (Å²) < 4.78 is 0. The summed E-state index contributed by atoms with van der Waals surface area (Å²) >= 11 is 0. The van der Waals surface area contributed by atoms with Gasteiger partial charge < -0.3 is 10.0 Å². The van der Waals surface area contributed by atoms with E-state index in [2.05, 4.69) is 25.2 Å². The first-order chi connectivity index (χ1) is 8.33. The maximum absolute atomic E-state index is 8.87. The Morgan fingerprint density at radius 1 is 1.35 bits per heavy atom. The van der Waals surface area contributed by atoms with Crippen LogP contribution in [0.2, 0.25) is 0 Å². The highest BCUT2D eigenvalue weighted by Crippen LogP contribution is 2.13. The van der Waals surface area contributed by atoms with Crippen molar-refractivity contribution in [2.45, 2.75) is 0 Å². The Labute approximate surface area is 100 Å². The topological polar surface area (TPSA) is 90.5 Å². The molecule has 0 spiro atoms. The molecule has 1 aromatic heterocycles. The largest absolute Gasteiger partial charge is 0.395 e. The van der Waals surface area contributed by atoms with Gasteiger partial charge in [-0.1, -0.05) is 0 Å². The van der Waals surface area contributed by atoms with Crippen LogP contribution in [0.5, 0.6) is 0 Å². The molecule has 0 bridgehead atoms. The summed E-state index contributed by atoms with van der Waals surface area (Å²) in [4.78, 5) is 12.7. The van der Waals surface area contributed by atoms with E-state index in [-0.39, 0.29) is 6.61 Å². The average Bonchev–Trinajstić information content (AvgIpc) is 2.40. The average molecular weight is 238 g/mol. The fourth-order valence-electron chi connectivity index (χ4n) is 1.94. The van der Waals surface area contributed by atoms with Crippen LogP contribution in [0.4, 0.5) is 11.8 Å². The molecule has 0 amide bonds. The molecule has 7 heteroatoms. The minimum Gasteiger partial charge on any atom is -0.395 e. The molecule has 17 heavy (non-hydrogen) atoms. The van der Waals surface area contributed by atoms with E-state index in [9.17, 15) is 0 Å². The van der Waals surface area contributed by atoms with Gasteiger partial charge in [-0.25, -0.2) is 10.8 Å². The number of rotatable bonds is 4. The maximum Gasteiger partial charge on any atom is 0.239 e. The van der Waals surface area contributed by atoms with Crippen molar-refractivity contribution < 1.29 is 5.11 Å². The van der Waals surface area contributed by atoms with Crippen molar-refractivity contribution in [3.8, 4) is 0 Å². The van der Waals surface area contributed by atoms with Crippen molar-refractivity contribution in [3.05, 3.63) is 12.3 Å². The summed E-state index contributed by atoms with van der Waals surface area (Å²) in [5, 5.41) is 8.87. The van der Waals surface area contributed by atoms with Crippen molar-refractivity contribution in [3.63, 3.8) is 0 Å². The fraction of sp³-hybridized carbons (Fsp3) is 0.600. The standard InChI is InChI=1S/C10H18N6O/c11-14-10-12-2-1-9(13-10)16-5-3-15(4-6-16)7-8-17/h1-2,17H,3-8,11H2,(H,12,13,14). The lowest BCUT2D eigenvalue weighted by Gasteiger charge is -2.35. The van der Waals surface area contributed by atoms with Crippen molar-refractivity contribution in [2.75, 3.05) is 49.7 Å². The zero-order valence-corrected chi connectivity index (χ0v) is 9.71. The van der Waals surface area contributed by atoms with Crippen LogP contribution < -0.4 is 16.2 Å². The molecule has 2 rings (SSSR count). The van der Waals surface area contributed by atoms with Gasteiger partial charge in [0.1, 0.15) is 5.82 Å². The Morgan fingerprint density at radius 2 is 2.12 bits per heavy atom. The van der Waals surface area contributed by atoms with Crippen LogP contribution in [0.3, 0.4) is 0 Å². The number of anilines is 2. The Kier molecular flexibility index (Phi) is 4.08. The van der Waals surface area contributed by atoms with Crippen LogP contribution in [-0.2, 0) is 0 Å². The first-order valence-electron chi connectivity index (χ1n) is 5.71. The van der Waals surface area contributed by atoms with Gasteiger partial charge >= 0.3 is 0 Å². The first kappa shape index (κ1) is 12.0. The van der Waals surface area contributed by atoms with Crippen molar-refractivity contribution in [2.24, 2.45) is 5.84 Å². The summed E-state index contributed by atoms with van der Waals surface area (Å²) in [7, 11) is 0. The SMILES string of the molecule is NNc1nccc(N2CCN(CCO)CC2)n1. The Balaban J connectivity index is 1.95. The molecule has 0 unspecified atom stereocenters. The number of aliphatic hydroxyl groups is 1. The number of nitrogens with two attached hydrogens (primary N) is 1. The molecule has 2 heterocycles. The molecule has 1 saturated heterocycles. The predicted octanol–water partition coefficient (Wildman–Crippen LogP) is -1.12. The third kappa shape index (κ3) is 3.02. The van der Waals surface area contributed by atoms with Gasteiger partial charge in [-0.05, 0) is 6.07 Å². The molecular formula is C10H18N6O. The number of β-amino-alcohol motifs (C(OH)–C–C–N with tert-alkyl or cyclic N) is 1. The van der Waals surface area contributed by atoms with Crippen LogP contribution in [0, 0.1) is 0 Å². The minimum absolute atomic E-state index is 0.217. The van der Waals surface area contributed by atoms with Crippen LogP contribution in [0.1, 0.15) is 0 Å². The number of nitrogens with zero attached hydrogens (tertiary/aromatic N) is 4. The number of hydrazine groups is 1. The Hall–Kier alpha value is -1.44. The third-order valence-electron chi connectivity index (χ3n) is 2.88.